The van der Waals surface area contributed by atoms with E-state index in [1.807, 2.05) is 30.3 Å². The normalized spacial score (nSPS) is 21.2. The fourth-order valence-electron chi connectivity index (χ4n) is 2.58. The number of carbonyl (C=O) groups is 1. The molecule has 0 aliphatic carbocycles. The van der Waals surface area contributed by atoms with Gasteiger partial charge in [-0.2, -0.15) is 0 Å². The van der Waals surface area contributed by atoms with Crippen LogP contribution in [0.1, 0.15) is 18.4 Å². The molecular weight excluding hydrogens is 228 g/mol. The Morgan fingerprint density at radius 1 is 1.44 bits per heavy atom. The lowest BCUT2D eigenvalue weighted by Crippen LogP contribution is -2.47. The van der Waals surface area contributed by atoms with E-state index in [0.717, 1.165) is 32.4 Å². The van der Waals surface area contributed by atoms with Gasteiger partial charge in [0.15, 0.2) is 0 Å². The van der Waals surface area contributed by atoms with Gasteiger partial charge in [0.25, 0.3) is 0 Å². The molecule has 3 N–H and O–H groups in total. The van der Waals surface area contributed by atoms with Gasteiger partial charge in [-0.05, 0) is 43.8 Å². The number of benzene rings is 1. The van der Waals surface area contributed by atoms with E-state index in [1.54, 1.807) is 0 Å². The third-order valence-corrected chi connectivity index (χ3v) is 3.51. The van der Waals surface area contributed by atoms with Crippen molar-refractivity contribution < 1.29 is 9.90 Å². The minimum atomic E-state index is -0.929. The van der Waals surface area contributed by atoms with E-state index >= 15 is 0 Å². The predicted octanol–water partition coefficient (Wildman–Crippen LogP) is 1.86. The average molecular weight is 248 g/mol. The van der Waals surface area contributed by atoms with Crippen LogP contribution in [-0.2, 0) is 6.42 Å². The third-order valence-electron chi connectivity index (χ3n) is 3.51. The summed E-state index contributed by atoms with van der Waals surface area (Å²) >= 11 is 0. The molecule has 1 amide bonds. The third kappa shape index (κ3) is 3.74. The first-order valence-electron chi connectivity index (χ1n) is 6.50. The van der Waals surface area contributed by atoms with Gasteiger partial charge in [0, 0.05) is 6.04 Å². The van der Waals surface area contributed by atoms with Gasteiger partial charge in [0.05, 0.1) is 0 Å². The number of piperidine rings is 1. The van der Waals surface area contributed by atoms with Gasteiger partial charge < -0.3 is 15.7 Å². The molecule has 0 radical (unpaired) electrons. The molecular formula is C14H20N2O2. The molecule has 0 saturated carbocycles. The number of carboxylic acid groups (broad SMARTS) is 1. The number of amides is 1. The maximum Gasteiger partial charge on any atom is 0.404 e. The molecule has 1 aromatic carbocycles. The molecule has 4 heteroatoms. The van der Waals surface area contributed by atoms with Crippen molar-refractivity contribution in [3.8, 4) is 0 Å². The van der Waals surface area contributed by atoms with Gasteiger partial charge in [0.2, 0.25) is 0 Å². The molecule has 18 heavy (non-hydrogen) atoms. The van der Waals surface area contributed by atoms with E-state index in [9.17, 15) is 4.79 Å². The molecule has 1 aliphatic heterocycles. The molecule has 1 unspecified atom stereocenters. The summed E-state index contributed by atoms with van der Waals surface area (Å²) in [5.41, 5.74) is 1.18. The van der Waals surface area contributed by atoms with Crippen molar-refractivity contribution in [1.82, 2.24) is 10.6 Å². The van der Waals surface area contributed by atoms with Crippen molar-refractivity contribution in [3.05, 3.63) is 35.9 Å². The Kier molecular flexibility index (Phi) is 4.59. The lowest BCUT2D eigenvalue weighted by Gasteiger charge is -2.30. The molecule has 0 spiro atoms. The summed E-state index contributed by atoms with van der Waals surface area (Å²) in [6, 6.07) is 10.1. The second-order valence-corrected chi connectivity index (χ2v) is 4.85. The van der Waals surface area contributed by atoms with Crippen LogP contribution in [0.2, 0.25) is 0 Å². The summed E-state index contributed by atoms with van der Waals surface area (Å²) in [4.78, 5) is 10.9. The Bertz CT molecular complexity index is 375. The zero-order chi connectivity index (χ0) is 12.8. The highest BCUT2D eigenvalue weighted by Crippen LogP contribution is 2.18. The van der Waals surface area contributed by atoms with Crippen molar-refractivity contribution in [2.24, 2.45) is 5.92 Å². The Labute approximate surface area is 107 Å². The van der Waals surface area contributed by atoms with Crippen LogP contribution in [0.15, 0.2) is 30.3 Å². The highest BCUT2D eigenvalue weighted by Gasteiger charge is 2.25. The summed E-state index contributed by atoms with van der Waals surface area (Å²) in [5, 5.41) is 15.0. The van der Waals surface area contributed by atoms with Crippen molar-refractivity contribution in [1.29, 1.82) is 0 Å². The lowest BCUT2D eigenvalue weighted by molar-refractivity contribution is 0.180. The van der Waals surface area contributed by atoms with Crippen LogP contribution in [0.25, 0.3) is 0 Å². The summed E-state index contributed by atoms with van der Waals surface area (Å²) in [6.07, 6.45) is 2.04. The Balaban J connectivity index is 2.02. The van der Waals surface area contributed by atoms with E-state index < -0.39 is 6.09 Å². The predicted molar refractivity (Wildman–Crippen MR) is 70.7 cm³/mol. The van der Waals surface area contributed by atoms with E-state index in [2.05, 4.69) is 10.6 Å². The van der Waals surface area contributed by atoms with Crippen LogP contribution >= 0.6 is 0 Å². The average Bonchev–Trinajstić information content (AvgIpc) is 2.40. The van der Waals surface area contributed by atoms with E-state index in [0.29, 0.717) is 5.92 Å². The number of nitrogens with one attached hydrogen (secondary N) is 2. The molecule has 1 aromatic rings. The largest absolute Gasteiger partial charge is 0.465 e. The lowest BCUT2D eigenvalue weighted by atomic mass is 9.88. The highest BCUT2D eigenvalue weighted by atomic mass is 16.4. The SMILES string of the molecule is O=C(O)NC(Cc1ccccc1)[C@@H]1CCCNC1. The van der Waals surface area contributed by atoms with E-state index in [4.69, 9.17) is 5.11 Å². The van der Waals surface area contributed by atoms with E-state index in [1.165, 1.54) is 5.56 Å². The molecule has 1 aliphatic rings. The van der Waals surface area contributed by atoms with Gasteiger partial charge >= 0.3 is 6.09 Å². The highest BCUT2D eigenvalue weighted by molar-refractivity contribution is 5.65. The minimum absolute atomic E-state index is 0.00213. The van der Waals surface area contributed by atoms with Crippen molar-refractivity contribution in [2.75, 3.05) is 13.1 Å². The zero-order valence-corrected chi connectivity index (χ0v) is 10.4. The second-order valence-electron chi connectivity index (χ2n) is 4.85. The topological polar surface area (TPSA) is 61.4 Å². The number of hydrogen-bond acceptors (Lipinski definition) is 2. The van der Waals surface area contributed by atoms with Crippen LogP contribution in [0.4, 0.5) is 4.79 Å². The zero-order valence-electron chi connectivity index (χ0n) is 10.4. The van der Waals surface area contributed by atoms with Crippen LogP contribution in [0.5, 0.6) is 0 Å². The molecule has 0 aromatic heterocycles. The monoisotopic (exact) mass is 248 g/mol. The molecule has 1 heterocycles. The molecule has 0 bridgehead atoms. The van der Waals surface area contributed by atoms with Gasteiger partial charge in [-0.15, -0.1) is 0 Å². The number of rotatable bonds is 4. The first-order valence-corrected chi connectivity index (χ1v) is 6.50. The summed E-state index contributed by atoms with van der Waals surface area (Å²) in [5.74, 6) is 0.384. The molecule has 2 rings (SSSR count). The van der Waals surface area contributed by atoms with Crippen molar-refractivity contribution in [2.45, 2.75) is 25.3 Å². The van der Waals surface area contributed by atoms with Gasteiger partial charge in [-0.3, -0.25) is 0 Å². The standard InChI is InChI=1S/C14H20N2O2/c17-14(18)16-13(12-7-4-8-15-10-12)9-11-5-2-1-3-6-11/h1-3,5-6,12-13,15-16H,4,7-10H2,(H,17,18)/t12-,13?/m1/s1. The van der Waals surface area contributed by atoms with Crippen LogP contribution in [-0.4, -0.2) is 30.3 Å². The minimum Gasteiger partial charge on any atom is -0.465 e. The molecule has 1 fully saturated rings. The van der Waals surface area contributed by atoms with Crippen LogP contribution < -0.4 is 10.6 Å². The molecule has 1 saturated heterocycles. The summed E-state index contributed by atoms with van der Waals surface area (Å²) < 4.78 is 0. The molecule has 2 atom stereocenters. The van der Waals surface area contributed by atoms with Crippen molar-refractivity contribution >= 4 is 6.09 Å². The quantitative estimate of drug-likeness (QED) is 0.762. The second kappa shape index (κ2) is 6.40. The fourth-order valence-corrected chi connectivity index (χ4v) is 2.58. The molecule has 98 valence electrons. The van der Waals surface area contributed by atoms with Gasteiger partial charge in [-0.1, -0.05) is 30.3 Å². The van der Waals surface area contributed by atoms with Gasteiger partial charge in [0.1, 0.15) is 0 Å². The van der Waals surface area contributed by atoms with E-state index in [-0.39, 0.29) is 6.04 Å². The van der Waals surface area contributed by atoms with Crippen LogP contribution in [0, 0.1) is 5.92 Å². The van der Waals surface area contributed by atoms with Crippen molar-refractivity contribution in [3.63, 3.8) is 0 Å². The molecule has 4 nitrogen and oxygen atoms in total. The first kappa shape index (κ1) is 12.9. The smallest absolute Gasteiger partial charge is 0.404 e. The fraction of sp³-hybridized carbons (Fsp3) is 0.500. The first-order chi connectivity index (χ1) is 8.75. The Morgan fingerprint density at radius 3 is 2.83 bits per heavy atom. The number of hydrogen-bond donors (Lipinski definition) is 3. The maximum absolute atomic E-state index is 10.9. The Hall–Kier alpha value is -1.55. The van der Waals surface area contributed by atoms with Gasteiger partial charge in [-0.25, -0.2) is 4.79 Å². The Morgan fingerprint density at radius 2 is 2.22 bits per heavy atom. The van der Waals surface area contributed by atoms with Crippen LogP contribution in [0.3, 0.4) is 0 Å². The maximum atomic E-state index is 10.9. The summed E-state index contributed by atoms with van der Waals surface area (Å²) in [6.45, 7) is 1.94. The summed E-state index contributed by atoms with van der Waals surface area (Å²) in [7, 11) is 0.